The van der Waals surface area contributed by atoms with Crippen molar-refractivity contribution in [2.75, 3.05) is 33.7 Å². The molecule has 0 aromatic heterocycles. The summed E-state index contributed by atoms with van der Waals surface area (Å²) in [5, 5.41) is 9.12. The molecule has 1 saturated heterocycles. The second-order valence-corrected chi connectivity index (χ2v) is 5.46. The van der Waals surface area contributed by atoms with Gasteiger partial charge in [-0.1, -0.05) is 13.8 Å². The molecule has 0 radical (unpaired) electrons. The normalized spacial score (nSPS) is 20.7. The molecule has 2 atom stereocenters. The van der Waals surface area contributed by atoms with E-state index in [1.807, 2.05) is 0 Å². The van der Waals surface area contributed by atoms with Crippen molar-refractivity contribution in [3.05, 3.63) is 0 Å². The largest absolute Gasteiger partial charge is 0.480 e. The summed E-state index contributed by atoms with van der Waals surface area (Å²) in [5.74, 6) is -0.951. The SMILES string of the molecule is CCC(C(=O)O)N(C)C(=O)N(C)CC1CCCN1CC. The number of carbonyl (C=O) groups excluding carboxylic acids is 1. The Morgan fingerprint density at radius 3 is 2.50 bits per heavy atom. The van der Waals surface area contributed by atoms with Crippen molar-refractivity contribution in [2.45, 2.75) is 45.2 Å². The third-order valence-electron chi connectivity index (χ3n) is 4.16. The van der Waals surface area contributed by atoms with Crippen LogP contribution in [0.3, 0.4) is 0 Å². The van der Waals surface area contributed by atoms with Crippen molar-refractivity contribution < 1.29 is 14.7 Å². The van der Waals surface area contributed by atoms with Crippen LogP contribution in [0.4, 0.5) is 4.79 Å². The highest BCUT2D eigenvalue weighted by Gasteiger charge is 2.30. The predicted octanol–water partition coefficient (Wildman–Crippen LogP) is 1.32. The van der Waals surface area contributed by atoms with Crippen LogP contribution in [-0.2, 0) is 4.79 Å². The first-order valence-corrected chi connectivity index (χ1v) is 7.37. The van der Waals surface area contributed by atoms with Crippen LogP contribution >= 0.6 is 0 Å². The monoisotopic (exact) mass is 285 g/mol. The molecular weight excluding hydrogens is 258 g/mol. The molecule has 20 heavy (non-hydrogen) atoms. The van der Waals surface area contributed by atoms with Crippen molar-refractivity contribution in [1.29, 1.82) is 0 Å². The van der Waals surface area contributed by atoms with Crippen molar-refractivity contribution in [3.8, 4) is 0 Å². The molecule has 0 saturated carbocycles. The van der Waals surface area contributed by atoms with Gasteiger partial charge in [0.05, 0.1) is 0 Å². The van der Waals surface area contributed by atoms with Gasteiger partial charge >= 0.3 is 12.0 Å². The number of carboxylic acid groups (broad SMARTS) is 1. The maximum absolute atomic E-state index is 12.3. The number of carbonyl (C=O) groups is 2. The molecule has 0 aromatic rings. The third kappa shape index (κ3) is 3.85. The van der Waals surface area contributed by atoms with E-state index < -0.39 is 12.0 Å². The Morgan fingerprint density at radius 1 is 1.35 bits per heavy atom. The van der Waals surface area contributed by atoms with Gasteiger partial charge in [0.2, 0.25) is 0 Å². The molecule has 0 spiro atoms. The van der Waals surface area contributed by atoms with Crippen LogP contribution in [0.5, 0.6) is 0 Å². The number of likely N-dealkylation sites (N-methyl/N-ethyl adjacent to an activating group) is 3. The fourth-order valence-corrected chi connectivity index (χ4v) is 2.93. The van der Waals surface area contributed by atoms with Crippen LogP contribution in [0, 0.1) is 0 Å². The lowest BCUT2D eigenvalue weighted by Gasteiger charge is -2.32. The van der Waals surface area contributed by atoms with Crippen LogP contribution < -0.4 is 0 Å². The first kappa shape index (κ1) is 16.8. The van der Waals surface area contributed by atoms with Crippen molar-refractivity contribution in [1.82, 2.24) is 14.7 Å². The van der Waals surface area contributed by atoms with E-state index in [0.717, 1.165) is 19.5 Å². The van der Waals surface area contributed by atoms with Crippen LogP contribution in [-0.4, -0.2) is 77.6 Å². The van der Waals surface area contributed by atoms with Gasteiger partial charge < -0.3 is 14.9 Å². The highest BCUT2D eigenvalue weighted by molar-refractivity contribution is 5.82. The van der Waals surface area contributed by atoms with E-state index in [-0.39, 0.29) is 6.03 Å². The van der Waals surface area contributed by atoms with Gasteiger partial charge in [0.15, 0.2) is 0 Å². The Bertz CT molecular complexity index is 349. The number of aliphatic carboxylic acids is 1. The van der Waals surface area contributed by atoms with Gasteiger partial charge in [-0.3, -0.25) is 4.90 Å². The molecule has 1 aliphatic rings. The fraction of sp³-hybridized carbons (Fsp3) is 0.857. The zero-order valence-corrected chi connectivity index (χ0v) is 13.0. The molecule has 6 nitrogen and oxygen atoms in total. The standard InChI is InChI=1S/C14H27N3O3/c1-5-12(13(18)19)16(4)14(20)15(3)10-11-8-7-9-17(11)6-2/h11-12H,5-10H2,1-4H3,(H,18,19). The van der Waals surface area contributed by atoms with Gasteiger partial charge in [0, 0.05) is 26.7 Å². The van der Waals surface area contributed by atoms with Crippen molar-refractivity contribution in [2.24, 2.45) is 0 Å². The number of amides is 2. The molecule has 116 valence electrons. The highest BCUT2D eigenvalue weighted by atomic mass is 16.4. The van der Waals surface area contributed by atoms with Gasteiger partial charge in [-0.2, -0.15) is 0 Å². The summed E-state index contributed by atoms with van der Waals surface area (Å²) < 4.78 is 0. The summed E-state index contributed by atoms with van der Waals surface area (Å²) in [4.78, 5) is 28.8. The zero-order valence-electron chi connectivity index (χ0n) is 13.0. The molecular formula is C14H27N3O3. The highest BCUT2D eigenvalue weighted by Crippen LogP contribution is 2.18. The van der Waals surface area contributed by atoms with Crippen LogP contribution in [0.15, 0.2) is 0 Å². The number of carboxylic acids is 1. The van der Waals surface area contributed by atoms with E-state index in [2.05, 4.69) is 11.8 Å². The molecule has 0 bridgehead atoms. The average Bonchev–Trinajstić information content (AvgIpc) is 2.85. The summed E-state index contributed by atoms with van der Waals surface area (Å²) in [5.41, 5.74) is 0. The molecule has 0 aliphatic carbocycles. The summed E-state index contributed by atoms with van der Waals surface area (Å²) in [7, 11) is 3.31. The minimum Gasteiger partial charge on any atom is -0.480 e. The quantitative estimate of drug-likeness (QED) is 0.799. The summed E-state index contributed by atoms with van der Waals surface area (Å²) in [6.45, 7) is 6.65. The smallest absolute Gasteiger partial charge is 0.326 e. The predicted molar refractivity (Wildman–Crippen MR) is 77.8 cm³/mol. The summed E-state index contributed by atoms with van der Waals surface area (Å²) in [6, 6.07) is -0.578. The van der Waals surface area contributed by atoms with Crippen molar-refractivity contribution >= 4 is 12.0 Å². The Hall–Kier alpha value is -1.30. The van der Waals surface area contributed by atoms with Gasteiger partial charge in [0.25, 0.3) is 0 Å². The van der Waals surface area contributed by atoms with Gasteiger partial charge in [0.1, 0.15) is 6.04 Å². The lowest BCUT2D eigenvalue weighted by atomic mass is 10.2. The molecule has 1 rings (SSSR count). The maximum Gasteiger partial charge on any atom is 0.326 e. The third-order valence-corrected chi connectivity index (χ3v) is 4.16. The zero-order chi connectivity index (χ0) is 15.3. The van der Waals surface area contributed by atoms with Crippen molar-refractivity contribution in [3.63, 3.8) is 0 Å². The first-order chi connectivity index (χ1) is 9.42. The van der Waals surface area contributed by atoms with E-state index in [9.17, 15) is 9.59 Å². The molecule has 2 unspecified atom stereocenters. The van der Waals surface area contributed by atoms with E-state index in [1.165, 1.54) is 11.3 Å². The number of hydrogen-bond donors (Lipinski definition) is 1. The first-order valence-electron chi connectivity index (χ1n) is 7.37. The molecule has 1 aliphatic heterocycles. The molecule has 0 aromatic carbocycles. The lowest BCUT2D eigenvalue weighted by molar-refractivity contribution is -0.142. The Morgan fingerprint density at radius 2 is 2.00 bits per heavy atom. The van der Waals surface area contributed by atoms with E-state index in [0.29, 0.717) is 19.0 Å². The van der Waals surface area contributed by atoms with E-state index in [4.69, 9.17) is 5.11 Å². The molecule has 1 N–H and O–H groups in total. The van der Waals surface area contributed by atoms with Gasteiger partial charge in [-0.25, -0.2) is 9.59 Å². The van der Waals surface area contributed by atoms with E-state index >= 15 is 0 Å². The lowest BCUT2D eigenvalue weighted by Crippen LogP contribution is -2.50. The maximum atomic E-state index is 12.3. The average molecular weight is 285 g/mol. The van der Waals surface area contributed by atoms with Crippen LogP contribution in [0.1, 0.15) is 33.1 Å². The minimum atomic E-state index is -0.951. The summed E-state index contributed by atoms with van der Waals surface area (Å²) >= 11 is 0. The number of hydrogen-bond acceptors (Lipinski definition) is 3. The Kier molecular flexibility index (Phi) is 6.26. The Labute approximate surface area is 121 Å². The molecule has 1 heterocycles. The summed E-state index contributed by atoms with van der Waals surface area (Å²) in [6.07, 6.45) is 2.68. The second-order valence-electron chi connectivity index (χ2n) is 5.46. The van der Waals surface area contributed by atoms with Crippen LogP contribution in [0.2, 0.25) is 0 Å². The molecule has 6 heteroatoms. The fourth-order valence-electron chi connectivity index (χ4n) is 2.93. The topological polar surface area (TPSA) is 64.1 Å². The molecule has 1 fully saturated rings. The molecule has 2 amide bonds. The number of likely N-dealkylation sites (tertiary alicyclic amines) is 1. The second kappa shape index (κ2) is 7.47. The minimum absolute atomic E-state index is 0.220. The van der Waals surface area contributed by atoms with E-state index in [1.54, 1.807) is 25.9 Å². The number of urea groups is 1. The van der Waals surface area contributed by atoms with Crippen LogP contribution in [0.25, 0.3) is 0 Å². The Balaban J connectivity index is 2.59. The van der Waals surface area contributed by atoms with Gasteiger partial charge in [-0.15, -0.1) is 0 Å². The number of rotatable bonds is 6. The number of nitrogens with zero attached hydrogens (tertiary/aromatic N) is 3. The van der Waals surface area contributed by atoms with Gasteiger partial charge in [-0.05, 0) is 32.4 Å².